The van der Waals surface area contributed by atoms with E-state index in [1.807, 2.05) is 31.2 Å². The number of benzene rings is 2. The van der Waals surface area contributed by atoms with Gasteiger partial charge in [0.05, 0.1) is 34.1 Å². The molecule has 0 aliphatic carbocycles. The Labute approximate surface area is 182 Å². The first-order chi connectivity index (χ1) is 15.4. The lowest BCUT2D eigenvalue weighted by molar-refractivity contribution is -0.384. The van der Waals surface area contributed by atoms with Crippen LogP contribution in [0.2, 0.25) is 0 Å². The van der Waals surface area contributed by atoms with Crippen LogP contribution in [0.4, 0.5) is 5.69 Å². The maximum Gasteiger partial charge on any atom is 0.419 e. The standard InChI is InChI=1S/C22H23N5O5/c1-3-25-17-8-5-4-7-16(17)23-20(25)14-24(2)21(28)9-6-12-26-18-11-10-15(27(30)31)13-19(18)32-22(26)29/h4-5,7-8,10-11,13H,3,6,9,12,14H2,1-2H3. The number of aryl methyl sites for hydroxylation is 2. The third kappa shape index (κ3) is 3.98. The number of hydrogen-bond acceptors (Lipinski definition) is 6. The van der Waals surface area contributed by atoms with Crippen LogP contribution in [0.3, 0.4) is 0 Å². The Hall–Kier alpha value is -3.95. The molecule has 0 atom stereocenters. The summed E-state index contributed by atoms with van der Waals surface area (Å²) in [6.45, 7) is 3.46. The highest BCUT2D eigenvalue weighted by atomic mass is 16.6. The topological polar surface area (TPSA) is 116 Å². The highest BCUT2D eigenvalue weighted by Crippen LogP contribution is 2.21. The van der Waals surface area contributed by atoms with Crippen molar-refractivity contribution in [2.75, 3.05) is 7.05 Å². The van der Waals surface area contributed by atoms with E-state index in [-0.39, 0.29) is 30.1 Å². The first kappa shape index (κ1) is 21.3. The van der Waals surface area contributed by atoms with Crippen molar-refractivity contribution in [1.29, 1.82) is 0 Å². The molecule has 0 unspecified atom stereocenters. The average molecular weight is 437 g/mol. The molecule has 0 saturated heterocycles. The molecule has 10 heteroatoms. The van der Waals surface area contributed by atoms with Gasteiger partial charge in [-0.1, -0.05) is 12.1 Å². The van der Waals surface area contributed by atoms with Gasteiger partial charge in [-0.15, -0.1) is 0 Å². The molecule has 0 N–H and O–H groups in total. The summed E-state index contributed by atoms with van der Waals surface area (Å²) in [6, 6.07) is 11.9. The number of para-hydroxylation sites is 2. The van der Waals surface area contributed by atoms with Crippen molar-refractivity contribution in [2.45, 2.75) is 39.4 Å². The fraction of sp³-hybridized carbons (Fsp3) is 0.318. The minimum Gasteiger partial charge on any atom is -0.407 e. The van der Waals surface area contributed by atoms with Crippen LogP contribution in [-0.2, 0) is 24.4 Å². The van der Waals surface area contributed by atoms with Crippen molar-refractivity contribution >= 4 is 33.7 Å². The third-order valence-corrected chi connectivity index (χ3v) is 5.49. The Kier molecular flexibility index (Phi) is 5.76. The van der Waals surface area contributed by atoms with Gasteiger partial charge in [-0.25, -0.2) is 9.78 Å². The summed E-state index contributed by atoms with van der Waals surface area (Å²) in [6.07, 6.45) is 0.674. The quantitative estimate of drug-likeness (QED) is 0.308. The monoisotopic (exact) mass is 437 g/mol. The summed E-state index contributed by atoms with van der Waals surface area (Å²) in [5, 5.41) is 10.9. The van der Waals surface area contributed by atoms with Crippen molar-refractivity contribution in [2.24, 2.45) is 0 Å². The SMILES string of the molecule is CCn1c(CN(C)C(=O)CCCn2c(=O)oc3cc([N+](=O)[O-])ccc32)nc2ccccc21. The molecule has 1 amide bonds. The number of imidazole rings is 1. The fourth-order valence-electron chi connectivity index (χ4n) is 3.86. The number of nitro groups is 1. The molecule has 0 spiro atoms. The van der Waals surface area contributed by atoms with Gasteiger partial charge in [0.25, 0.3) is 5.69 Å². The summed E-state index contributed by atoms with van der Waals surface area (Å²) < 4.78 is 8.61. The second-order valence-corrected chi connectivity index (χ2v) is 7.54. The maximum absolute atomic E-state index is 12.7. The summed E-state index contributed by atoms with van der Waals surface area (Å²) in [4.78, 5) is 41.5. The molecular weight excluding hydrogens is 414 g/mol. The molecule has 0 aliphatic heterocycles. The second kappa shape index (κ2) is 8.66. The van der Waals surface area contributed by atoms with Gasteiger partial charge in [-0.3, -0.25) is 19.5 Å². The maximum atomic E-state index is 12.7. The van der Waals surface area contributed by atoms with E-state index in [0.717, 1.165) is 23.4 Å². The zero-order chi connectivity index (χ0) is 22.8. The highest BCUT2D eigenvalue weighted by molar-refractivity contribution is 5.78. The highest BCUT2D eigenvalue weighted by Gasteiger charge is 2.17. The number of carbonyl (C=O) groups is 1. The number of fused-ring (bicyclic) bond motifs is 2. The van der Waals surface area contributed by atoms with Gasteiger partial charge >= 0.3 is 5.76 Å². The van der Waals surface area contributed by atoms with E-state index in [0.29, 0.717) is 18.5 Å². The Morgan fingerprint density at radius 1 is 1.19 bits per heavy atom. The van der Waals surface area contributed by atoms with E-state index in [4.69, 9.17) is 4.42 Å². The molecule has 0 aliphatic rings. The Morgan fingerprint density at radius 3 is 2.72 bits per heavy atom. The van der Waals surface area contributed by atoms with Crippen LogP contribution in [0.15, 0.2) is 51.7 Å². The van der Waals surface area contributed by atoms with E-state index in [1.54, 1.807) is 11.9 Å². The van der Waals surface area contributed by atoms with Crippen molar-refractivity contribution < 1.29 is 14.1 Å². The van der Waals surface area contributed by atoms with Gasteiger partial charge in [-0.05, 0) is 31.5 Å². The molecule has 0 bridgehead atoms. The predicted molar refractivity (Wildman–Crippen MR) is 118 cm³/mol. The molecule has 4 rings (SSSR count). The van der Waals surface area contributed by atoms with E-state index in [1.165, 1.54) is 22.8 Å². The van der Waals surface area contributed by atoms with Crippen LogP contribution in [0.1, 0.15) is 25.6 Å². The first-order valence-electron chi connectivity index (χ1n) is 10.3. The molecule has 166 valence electrons. The fourth-order valence-corrected chi connectivity index (χ4v) is 3.86. The Balaban J connectivity index is 1.41. The number of non-ortho nitro benzene ring substituents is 1. The summed E-state index contributed by atoms with van der Waals surface area (Å²) in [5.74, 6) is 0.164. The number of carbonyl (C=O) groups excluding carboxylic acids is 1. The number of nitro benzene ring substituents is 1. The summed E-state index contributed by atoms with van der Waals surface area (Å²) in [7, 11) is 1.74. The molecule has 32 heavy (non-hydrogen) atoms. The average Bonchev–Trinajstić information content (AvgIpc) is 3.29. The molecule has 2 heterocycles. The van der Waals surface area contributed by atoms with Gasteiger partial charge in [0.2, 0.25) is 5.91 Å². The van der Waals surface area contributed by atoms with Crippen molar-refractivity contribution in [3.63, 3.8) is 0 Å². The van der Waals surface area contributed by atoms with Gasteiger partial charge in [-0.2, -0.15) is 0 Å². The molecule has 0 radical (unpaired) electrons. The van der Waals surface area contributed by atoms with Crippen molar-refractivity contribution in [1.82, 2.24) is 19.0 Å². The van der Waals surface area contributed by atoms with Crippen molar-refractivity contribution in [3.8, 4) is 0 Å². The molecule has 2 aromatic carbocycles. The lowest BCUT2D eigenvalue weighted by Gasteiger charge is -2.17. The first-order valence-corrected chi connectivity index (χ1v) is 10.3. The van der Waals surface area contributed by atoms with Crippen LogP contribution in [0.25, 0.3) is 22.1 Å². The van der Waals surface area contributed by atoms with E-state index < -0.39 is 10.7 Å². The number of rotatable bonds is 8. The number of aromatic nitrogens is 3. The van der Waals surface area contributed by atoms with Crippen molar-refractivity contribution in [3.05, 3.63) is 69.0 Å². The van der Waals surface area contributed by atoms with Crippen LogP contribution in [0.5, 0.6) is 0 Å². The molecular formula is C22H23N5O5. The van der Waals surface area contributed by atoms with E-state index >= 15 is 0 Å². The summed E-state index contributed by atoms with van der Waals surface area (Å²) >= 11 is 0. The molecule has 4 aromatic rings. The lowest BCUT2D eigenvalue weighted by atomic mass is 10.2. The Morgan fingerprint density at radius 2 is 1.97 bits per heavy atom. The minimum atomic E-state index is -0.599. The van der Waals surface area contributed by atoms with E-state index in [9.17, 15) is 19.7 Å². The molecule has 10 nitrogen and oxygen atoms in total. The van der Waals surface area contributed by atoms with Gasteiger partial charge in [0.15, 0.2) is 5.58 Å². The van der Waals surface area contributed by atoms with Gasteiger partial charge in [0.1, 0.15) is 5.82 Å². The van der Waals surface area contributed by atoms with Crippen LogP contribution >= 0.6 is 0 Å². The van der Waals surface area contributed by atoms with Crippen LogP contribution < -0.4 is 5.76 Å². The minimum absolute atomic E-state index is 0.0591. The summed E-state index contributed by atoms with van der Waals surface area (Å²) in [5.41, 5.74) is 2.42. The zero-order valence-corrected chi connectivity index (χ0v) is 17.9. The van der Waals surface area contributed by atoms with Crippen LogP contribution in [0, 0.1) is 10.1 Å². The largest absolute Gasteiger partial charge is 0.419 e. The lowest BCUT2D eigenvalue weighted by Crippen LogP contribution is -2.28. The Bertz CT molecular complexity index is 1370. The smallest absolute Gasteiger partial charge is 0.407 e. The zero-order valence-electron chi connectivity index (χ0n) is 17.9. The third-order valence-electron chi connectivity index (χ3n) is 5.49. The number of nitrogens with zero attached hydrogens (tertiary/aromatic N) is 5. The van der Waals surface area contributed by atoms with Gasteiger partial charge in [0, 0.05) is 32.6 Å². The van der Waals surface area contributed by atoms with Gasteiger partial charge < -0.3 is 13.9 Å². The molecule has 0 saturated carbocycles. The molecule has 0 fully saturated rings. The normalized spacial score (nSPS) is 11.3. The number of amides is 1. The number of hydrogen-bond donors (Lipinski definition) is 0. The predicted octanol–water partition coefficient (Wildman–Crippen LogP) is 3.31. The van der Waals surface area contributed by atoms with E-state index in [2.05, 4.69) is 9.55 Å². The van der Waals surface area contributed by atoms with Crippen LogP contribution in [-0.4, -0.2) is 36.9 Å². The molecule has 2 aromatic heterocycles. The second-order valence-electron chi connectivity index (χ2n) is 7.54. The number of oxazole rings is 1.